The summed E-state index contributed by atoms with van der Waals surface area (Å²) in [5.41, 5.74) is 0. The lowest BCUT2D eigenvalue weighted by Gasteiger charge is -2.12. The van der Waals surface area contributed by atoms with Crippen molar-refractivity contribution in [2.24, 2.45) is 5.92 Å². The van der Waals surface area contributed by atoms with Gasteiger partial charge >= 0.3 is 11.9 Å². The summed E-state index contributed by atoms with van der Waals surface area (Å²) < 4.78 is 10.4. The first-order valence-corrected chi connectivity index (χ1v) is 21.5. The van der Waals surface area contributed by atoms with Gasteiger partial charge in [-0.25, -0.2) is 0 Å². The maximum Gasteiger partial charge on any atom is 0.305 e. The molecule has 5 nitrogen and oxygen atoms in total. The SMILES string of the molecule is CCCCCCCCCCCCCCCC(=O)OCC(O)COC(=O)CCCCCCCCCCCCCCCC(C)CCCCCC. The van der Waals surface area contributed by atoms with Crippen molar-refractivity contribution in [2.75, 3.05) is 13.2 Å². The van der Waals surface area contributed by atoms with Crippen LogP contribution in [0.3, 0.4) is 0 Å². The van der Waals surface area contributed by atoms with E-state index in [-0.39, 0.29) is 25.2 Å². The highest BCUT2D eigenvalue weighted by atomic mass is 16.6. The van der Waals surface area contributed by atoms with E-state index in [1.54, 1.807) is 0 Å². The van der Waals surface area contributed by atoms with Gasteiger partial charge < -0.3 is 14.6 Å². The standard InChI is InChI=1S/C43H84O5/c1-4-6-8-10-11-12-13-15-19-22-25-28-32-36-42(45)47-38-41(44)39-48-43(46)37-33-29-26-23-20-17-14-16-18-21-24-27-31-35-40(3)34-30-9-7-5-2/h40-41,44H,4-39H2,1-3H3. The molecule has 286 valence electrons. The number of carbonyl (C=O) groups is 2. The fraction of sp³-hybridized carbons (Fsp3) is 0.953. The molecular weight excluding hydrogens is 596 g/mol. The summed E-state index contributed by atoms with van der Waals surface area (Å²) >= 11 is 0. The third-order valence-electron chi connectivity index (χ3n) is 9.99. The number of rotatable bonds is 39. The quantitative estimate of drug-likeness (QED) is 0.0517. The van der Waals surface area contributed by atoms with Gasteiger partial charge in [-0.2, -0.15) is 0 Å². The highest BCUT2D eigenvalue weighted by Gasteiger charge is 2.12. The minimum absolute atomic E-state index is 0.108. The van der Waals surface area contributed by atoms with Gasteiger partial charge in [0.25, 0.3) is 0 Å². The van der Waals surface area contributed by atoms with Gasteiger partial charge in [0.05, 0.1) is 0 Å². The molecule has 0 heterocycles. The first-order chi connectivity index (χ1) is 23.5. The molecule has 0 fully saturated rings. The number of aliphatic hydroxyl groups excluding tert-OH is 1. The van der Waals surface area contributed by atoms with Crippen LogP contribution in [0.25, 0.3) is 0 Å². The fourth-order valence-electron chi connectivity index (χ4n) is 6.63. The largest absolute Gasteiger partial charge is 0.463 e. The Morgan fingerprint density at radius 3 is 0.979 bits per heavy atom. The van der Waals surface area contributed by atoms with Gasteiger partial charge in [-0.1, -0.05) is 213 Å². The van der Waals surface area contributed by atoms with Crippen molar-refractivity contribution in [1.29, 1.82) is 0 Å². The predicted octanol–water partition coefficient (Wildman–Crippen LogP) is 13.4. The van der Waals surface area contributed by atoms with Crippen LogP contribution in [0.2, 0.25) is 0 Å². The minimum atomic E-state index is -0.955. The topological polar surface area (TPSA) is 72.8 Å². The van der Waals surface area contributed by atoms with E-state index in [9.17, 15) is 14.7 Å². The van der Waals surface area contributed by atoms with Crippen LogP contribution in [-0.4, -0.2) is 36.4 Å². The summed E-state index contributed by atoms with van der Waals surface area (Å²) in [7, 11) is 0. The molecule has 0 aliphatic carbocycles. The summed E-state index contributed by atoms with van der Waals surface area (Å²) in [6.07, 6.45) is 41.5. The Bertz CT molecular complexity index is 666. The lowest BCUT2D eigenvalue weighted by Crippen LogP contribution is -2.25. The molecule has 0 amide bonds. The van der Waals surface area contributed by atoms with Crippen molar-refractivity contribution in [3.05, 3.63) is 0 Å². The second-order valence-corrected chi connectivity index (χ2v) is 15.1. The molecule has 0 aromatic carbocycles. The molecule has 0 aliphatic rings. The maximum atomic E-state index is 12.0. The Kier molecular flexibility index (Phi) is 37.8. The first-order valence-electron chi connectivity index (χ1n) is 21.5. The fourth-order valence-corrected chi connectivity index (χ4v) is 6.63. The number of ether oxygens (including phenoxy) is 2. The van der Waals surface area contributed by atoms with E-state index >= 15 is 0 Å². The highest BCUT2D eigenvalue weighted by molar-refractivity contribution is 5.69. The van der Waals surface area contributed by atoms with Gasteiger partial charge in [-0.15, -0.1) is 0 Å². The summed E-state index contributed by atoms with van der Waals surface area (Å²) in [6, 6.07) is 0. The van der Waals surface area contributed by atoms with E-state index in [0.29, 0.717) is 12.8 Å². The molecule has 0 rings (SSSR count). The van der Waals surface area contributed by atoms with Crippen LogP contribution in [0.15, 0.2) is 0 Å². The first kappa shape index (κ1) is 46.9. The van der Waals surface area contributed by atoms with E-state index in [2.05, 4.69) is 20.8 Å². The molecule has 2 unspecified atom stereocenters. The Hall–Kier alpha value is -1.10. The van der Waals surface area contributed by atoms with Crippen LogP contribution >= 0.6 is 0 Å². The maximum absolute atomic E-state index is 12.0. The number of hydrogen-bond donors (Lipinski definition) is 1. The monoisotopic (exact) mass is 681 g/mol. The minimum Gasteiger partial charge on any atom is -0.463 e. The van der Waals surface area contributed by atoms with Gasteiger partial charge in [0.2, 0.25) is 0 Å². The zero-order chi connectivity index (χ0) is 35.2. The molecule has 0 saturated carbocycles. The lowest BCUT2D eigenvalue weighted by atomic mass is 9.96. The molecule has 48 heavy (non-hydrogen) atoms. The Balaban J connectivity index is 3.38. The number of unbranched alkanes of at least 4 members (excludes halogenated alkanes) is 27. The molecule has 0 aliphatic heterocycles. The third-order valence-corrected chi connectivity index (χ3v) is 9.99. The van der Waals surface area contributed by atoms with Crippen molar-refractivity contribution in [2.45, 2.75) is 245 Å². The van der Waals surface area contributed by atoms with E-state index in [4.69, 9.17) is 9.47 Å². The van der Waals surface area contributed by atoms with E-state index < -0.39 is 6.10 Å². The zero-order valence-corrected chi connectivity index (χ0v) is 32.7. The van der Waals surface area contributed by atoms with Crippen LogP contribution in [0.1, 0.15) is 239 Å². The molecule has 0 aromatic rings. The van der Waals surface area contributed by atoms with Gasteiger partial charge in [0.15, 0.2) is 0 Å². The summed E-state index contributed by atoms with van der Waals surface area (Å²) in [5.74, 6) is 0.370. The van der Waals surface area contributed by atoms with Gasteiger partial charge in [-0.05, 0) is 18.8 Å². The van der Waals surface area contributed by atoms with Crippen LogP contribution in [0.4, 0.5) is 0 Å². The van der Waals surface area contributed by atoms with Crippen molar-refractivity contribution in [3.8, 4) is 0 Å². The lowest BCUT2D eigenvalue weighted by molar-refractivity contribution is -0.152. The van der Waals surface area contributed by atoms with Crippen LogP contribution in [-0.2, 0) is 19.1 Å². The Labute approximate surface area is 299 Å². The third kappa shape index (κ3) is 37.7. The van der Waals surface area contributed by atoms with Crippen molar-refractivity contribution in [3.63, 3.8) is 0 Å². The van der Waals surface area contributed by atoms with E-state index in [0.717, 1.165) is 31.6 Å². The molecule has 2 atom stereocenters. The average molecular weight is 681 g/mol. The van der Waals surface area contributed by atoms with Crippen molar-refractivity contribution < 1.29 is 24.2 Å². The Morgan fingerprint density at radius 1 is 0.417 bits per heavy atom. The van der Waals surface area contributed by atoms with Gasteiger partial charge in [0, 0.05) is 12.8 Å². The molecule has 5 heteroatoms. The summed E-state index contributed by atoms with van der Waals surface area (Å²) in [5, 5.41) is 10.0. The second-order valence-electron chi connectivity index (χ2n) is 15.1. The van der Waals surface area contributed by atoms with E-state index in [1.165, 1.54) is 180 Å². The van der Waals surface area contributed by atoms with Crippen LogP contribution < -0.4 is 0 Å². The second kappa shape index (κ2) is 38.7. The zero-order valence-electron chi connectivity index (χ0n) is 32.7. The molecule has 0 aromatic heterocycles. The summed E-state index contributed by atoms with van der Waals surface area (Å²) in [6.45, 7) is 6.78. The number of esters is 2. The average Bonchev–Trinajstić information content (AvgIpc) is 3.08. The van der Waals surface area contributed by atoms with Gasteiger partial charge in [0.1, 0.15) is 19.3 Å². The molecule has 0 spiro atoms. The number of carbonyl (C=O) groups excluding carboxylic acids is 2. The molecule has 0 radical (unpaired) electrons. The molecular formula is C43H84O5. The number of hydrogen-bond acceptors (Lipinski definition) is 5. The summed E-state index contributed by atoms with van der Waals surface area (Å²) in [4.78, 5) is 24.0. The van der Waals surface area contributed by atoms with Crippen LogP contribution in [0.5, 0.6) is 0 Å². The molecule has 0 bridgehead atoms. The van der Waals surface area contributed by atoms with Crippen molar-refractivity contribution >= 4 is 11.9 Å². The normalized spacial score (nSPS) is 12.7. The smallest absolute Gasteiger partial charge is 0.305 e. The van der Waals surface area contributed by atoms with Gasteiger partial charge in [-0.3, -0.25) is 9.59 Å². The van der Waals surface area contributed by atoms with Crippen molar-refractivity contribution in [1.82, 2.24) is 0 Å². The Morgan fingerprint density at radius 2 is 0.667 bits per heavy atom. The predicted molar refractivity (Wildman–Crippen MR) is 205 cm³/mol. The van der Waals surface area contributed by atoms with E-state index in [1.807, 2.05) is 0 Å². The van der Waals surface area contributed by atoms with Crippen LogP contribution in [0, 0.1) is 5.92 Å². The molecule has 0 saturated heterocycles. The number of aliphatic hydroxyl groups is 1. The molecule has 1 N–H and O–H groups in total. The highest BCUT2D eigenvalue weighted by Crippen LogP contribution is 2.19.